The zero-order chi connectivity index (χ0) is 12.3. The summed E-state index contributed by atoms with van der Waals surface area (Å²) in [5, 5.41) is 8.49. The summed E-state index contributed by atoms with van der Waals surface area (Å²) < 4.78 is 0. The quantitative estimate of drug-likeness (QED) is 0.733. The lowest BCUT2D eigenvalue weighted by Crippen LogP contribution is -2.38. The highest BCUT2D eigenvalue weighted by Gasteiger charge is 2.36. The molecule has 94 valence electrons. The monoisotopic (exact) mass is 235 g/mol. The van der Waals surface area contributed by atoms with Gasteiger partial charge in [-0.15, -0.1) is 0 Å². The molecule has 0 radical (unpaired) electrons. The molecule has 0 spiro atoms. The smallest absolute Gasteiger partial charge is 0.236 e. The van der Waals surface area contributed by atoms with Crippen LogP contribution < -0.4 is 0 Å². The van der Waals surface area contributed by atoms with Crippen molar-refractivity contribution >= 4 is 5.91 Å². The number of hydrogen-bond donors (Lipinski definition) is 0. The van der Waals surface area contributed by atoms with Gasteiger partial charge in [0.25, 0.3) is 0 Å². The van der Waals surface area contributed by atoms with Crippen LogP contribution in [0.25, 0.3) is 0 Å². The number of amides is 1. The van der Waals surface area contributed by atoms with Crippen molar-refractivity contribution in [2.24, 2.45) is 11.8 Å². The minimum atomic E-state index is 0.153. The third-order valence-electron chi connectivity index (χ3n) is 4.15. The standard InChI is InChI=1S/C13H21N3O/c1-15(7-3-6-14)13(17)10-16-8-11-4-2-5-12(11)9-16/h11-12H,2-5,7-10H2,1H3. The SMILES string of the molecule is CN(CCC#N)C(=O)CN1CC2CCCC2C1. The second kappa shape index (κ2) is 5.50. The van der Waals surface area contributed by atoms with E-state index in [1.807, 2.05) is 0 Å². The Morgan fingerprint density at radius 1 is 1.41 bits per heavy atom. The first kappa shape index (κ1) is 12.4. The molecule has 2 rings (SSSR count). The molecule has 0 aromatic carbocycles. The van der Waals surface area contributed by atoms with E-state index in [0.29, 0.717) is 19.5 Å². The summed E-state index contributed by atoms with van der Waals surface area (Å²) in [6, 6.07) is 2.07. The van der Waals surface area contributed by atoms with E-state index in [4.69, 9.17) is 5.26 Å². The fourth-order valence-corrected chi connectivity index (χ4v) is 3.12. The minimum Gasteiger partial charge on any atom is -0.344 e. The number of carbonyl (C=O) groups is 1. The molecule has 4 nitrogen and oxygen atoms in total. The summed E-state index contributed by atoms with van der Waals surface area (Å²) in [6.45, 7) is 3.29. The van der Waals surface area contributed by atoms with E-state index in [-0.39, 0.29) is 5.91 Å². The van der Waals surface area contributed by atoms with Gasteiger partial charge in [0.2, 0.25) is 5.91 Å². The summed E-state index contributed by atoms with van der Waals surface area (Å²) in [5.41, 5.74) is 0. The van der Waals surface area contributed by atoms with Crippen LogP contribution >= 0.6 is 0 Å². The van der Waals surface area contributed by atoms with Crippen LogP contribution in [0.3, 0.4) is 0 Å². The number of likely N-dealkylation sites (N-methyl/N-ethyl adjacent to an activating group) is 1. The molecule has 1 aliphatic carbocycles. The van der Waals surface area contributed by atoms with E-state index in [1.165, 1.54) is 19.3 Å². The van der Waals surface area contributed by atoms with Gasteiger partial charge < -0.3 is 4.90 Å². The Hall–Kier alpha value is -1.08. The number of rotatable bonds is 4. The molecule has 2 unspecified atom stereocenters. The van der Waals surface area contributed by atoms with Crippen molar-refractivity contribution in [1.29, 1.82) is 5.26 Å². The molecular weight excluding hydrogens is 214 g/mol. The highest BCUT2D eigenvalue weighted by atomic mass is 16.2. The molecule has 2 fully saturated rings. The van der Waals surface area contributed by atoms with Gasteiger partial charge in [-0.1, -0.05) is 6.42 Å². The topological polar surface area (TPSA) is 47.3 Å². The lowest BCUT2D eigenvalue weighted by Gasteiger charge is -2.21. The fraction of sp³-hybridized carbons (Fsp3) is 0.846. The van der Waals surface area contributed by atoms with E-state index in [2.05, 4.69) is 11.0 Å². The maximum absolute atomic E-state index is 11.9. The van der Waals surface area contributed by atoms with Crippen molar-refractivity contribution in [2.45, 2.75) is 25.7 Å². The predicted octanol–water partition coefficient (Wildman–Crippen LogP) is 1.09. The van der Waals surface area contributed by atoms with Gasteiger partial charge in [0, 0.05) is 26.7 Å². The van der Waals surface area contributed by atoms with Crippen molar-refractivity contribution in [3.8, 4) is 6.07 Å². The van der Waals surface area contributed by atoms with Crippen LogP contribution in [0.5, 0.6) is 0 Å². The van der Waals surface area contributed by atoms with Gasteiger partial charge in [-0.3, -0.25) is 9.69 Å². The first-order valence-electron chi connectivity index (χ1n) is 6.54. The summed E-state index contributed by atoms with van der Waals surface area (Å²) in [7, 11) is 1.79. The summed E-state index contributed by atoms with van der Waals surface area (Å²) in [6.07, 6.45) is 4.49. The zero-order valence-corrected chi connectivity index (χ0v) is 10.6. The van der Waals surface area contributed by atoms with Crippen molar-refractivity contribution in [2.75, 3.05) is 33.2 Å². The summed E-state index contributed by atoms with van der Waals surface area (Å²) in [5.74, 6) is 1.83. The molecule has 1 aliphatic heterocycles. The number of likely N-dealkylation sites (tertiary alicyclic amines) is 1. The molecule has 17 heavy (non-hydrogen) atoms. The molecule has 0 N–H and O–H groups in total. The van der Waals surface area contributed by atoms with Crippen molar-refractivity contribution in [1.82, 2.24) is 9.80 Å². The van der Waals surface area contributed by atoms with E-state index in [1.54, 1.807) is 11.9 Å². The largest absolute Gasteiger partial charge is 0.344 e. The maximum Gasteiger partial charge on any atom is 0.236 e. The molecule has 1 amide bonds. The average molecular weight is 235 g/mol. The minimum absolute atomic E-state index is 0.153. The van der Waals surface area contributed by atoms with Crippen LogP contribution in [0.15, 0.2) is 0 Å². The molecule has 1 saturated heterocycles. The zero-order valence-electron chi connectivity index (χ0n) is 10.6. The molecule has 0 aromatic heterocycles. The molecule has 0 aromatic rings. The Balaban J connectivity index is 1.74. The van der Waals surface area contributed by atoms with E-state index < -0.39 is 0 Å². The molecule has 1 saturated carbocycles. The summed E-state index contributed by atoms with van der Waals surface area (Å²) >= 11 is 0. The summed E-state index contributed by atoms with van der Waals surface area (Å²) in [4.78, 5) is 15.9. The maximum atomic E-state index is 11.9. The fourth-order valence-electron chi connectivity index (χ4n) is 3.12. The van der Waals surface area contributed by atoms with E-state index in [0.717, 1.165) is 24.9 Å². The molecule has 4 heteroatoms. The molecule has 2 aliphatic rings. The van der Waals surface area contributed by atoms with Crippen LogP contribution in [-0.2, 0) is 4.79 Å². The average Bonchev–Trinajstić information content (AvgIpc) is 2.86. The van der Waals surface area contributed by atoms with Gasteiger partial charge in [-0.05, 0) is 24.7 Å². The Kier molecular flexibility index (Phi) is 4.01. The molecule has 2 atom stereocenters. The number of carbonyl (C=O) groups excluding carboxylic acids is 1. The van der Waals surface area contributed by atoms with Gasteiger partial charge in [0.1, 0.15) is 0 Å². The van der Waals surface area contributed by atoms with E-state index in [9.17, 15) is 4.79 Å². The van der Waals surface area contributed by atoms with Gasteiger partial charge in [0.05, 0.1) is 19.0 Å². The molecular formula is C13H21N3O. The van der Waals surface area contributed by atoms with Crippen molar-refractivity contribution in [3.63, 3.8) is 0 Å². The van der Waals surface area contributed by atoms with Gasteiger partial charge in [-0.2, -0.15) is 5.26 Å². The Labute approximate surface area is 103 Å². The van der Waals surface area contributed by atoms with Gasteiger partial charge in [-0.25, -0.2) is 0 Å². The van der Waals surface area contributed by atoms with Crippen molar-refractivity contribution < 1.29 is 4.79 Å². The van der Waals surface area contributed by atoms with Gasteiger partial charge in [0.15, 0.2) is 0 Å². The second-order valence-corrected chi connectivity index (χ2v) is 5.37. The normalized spacial score (nSPS) is 27.8. The molecule has 1 heterocycles. The van der Waals surface area contributed by atoms with Crippen LogP contribution in [0.4, 0.5) is 0 Å². The Bertz CT molecular complexity index is 311. The lowest BCUT2D eigenvalue weighted by molar-refractivity contribution is -0.130. The van der Waals surface area contributed by atoms with Gasteiger partial charge >= 0.3 is 0 Å². The third-order valence-corrected chi connectivity index (χ3v) is 4.15. The first-order valence-corrected chi connectivity index (χ1v) is 6.54. The highest BCUT2D eigenvalue weighted by Crippen LogP contribution is 2.37. The van der Waals surface area contributed by atoms with Crippen LogP contribution in [0.2, 0.25) is 0 Å². The third kappa shape index (κ3) is 2.98. The number of fused-ring (bicyclic) bond motifs is 1. The number of nitrogens with zero attached hydrogens (tertiary/aromatic N) is 3. The first-order chi connectivity index (χ1) is 8.20. The van der Waals surface area contributed by atoms with Crippen LogP contribution in [-0.4, -0.2) is 48.9 Å². The van der Waals surface area contributed by atoms with Crippen LogP contribution in [0, 0.1) is 23.2 Å². The highest BCUT2D eigenvalue weighted by molar-refractivity contribution is 5.78. The van der Waals surface area contributed by atoms with E-state index >= 15 is 0 Å². The Morgan fingerprint density at radius 3 is 2.65 bits per heavy atom. The lowest BCUT2D eigenvalue weighted by atomic mass is 10.0. The Morgan fingerprint density at radius 2 is 2.06 bits per heavy atom. The van der Waals surface area contributed by atoms with Crippen LogP contribution in [0.1, 0.15) is 25.7 Å². The number of hydrogen-bond acceptors (Lipinski definition) is 3. The van der Waals surface area contributed by atoms with Crippen molar-refractivity contribution in [3.05, 3.63) is 0 Å². The molecule has 0 bridgehead atoms. The predicted molar refractivity (Wildman–Crippen MR) is 65.1 cm³/mol. The number of nitriles is 1. The second-order valence-electron chi connectivity index (χ2n) is 5.37.